The van der Waals surface area contributed by atoms with Crippen molar-refractivity contribution in [1.82, 2.24) is 10.6 Å². The molecule has 1 heterocycles. The van der Waals surface area contributed by atoms with Crippen LogP contribution in [-0.4, -0.2) is 32.3 Å². The van der Waals surface area contributed by atoms with Crippen molar-refractivity contribution in [2.24, 2.45) is 0 Å². The minimum atomic E-state index is -0.938. The molecule has 9 heteroatoms. The lowest BCUT2D eigenvalue weighted by molar-refractivity contribution is -0.432. The van der Waals surface area contributed by atoms with Crippen LogP contribution in [0, 0.1) is 10.1 Å². The van der Waals surface area contributed by atoms with Crippen LogP contribution < -0.4 is 24.8 Å². The predicted molar refractivity (Wildman–Crippen MR) is 80.2 cm³/mol. The Morgan fingerprint density at radius 2 is 1.70 bits per heavy atom. The highest BCUT2D eigenvalue weighted by Gasteiger charge is 2.36. The summed E-state index contributed by atoms with van der Waals surface area (Å²) in [6, 6.07) is 1.67. The smallest absolute Gasteiger partial charge is 0.320 e. The van der Waals surface area contributed by atoms with Gasteiger partial charge in [-0.15, -0.1) is 0 Å². The van der Waals surface area contributed by atoms with Gasteiger partial charge in [0.05, 0.1) is 31.9 Å². The topological polar surface area (TPSA) is 112 Å². The molecule has 0 saturated carbocycles. The zero-order valence-corrected chi connectivity index (χ0v) is 13.1. The van der Waals surface area contributed by atoms with E-state index in [1.807, 2.05) is 0 Å². The van der Waals surface area contributed by atoms with E-state index in [1.165, 1.54) is 28.3 Å². The van der Waals surface area contributed by atoms with Gasteiger partial charge in [-0.3, -0.25) is 10.1 Å². The van der Waals surface area contributed by atoms with E-state index in [0.717, 1.165) is 0 Å². The Morgan fingerprint density at radius 1 is 1.13 bits per heavy atom. The van der Waals surface area contributed by atoms with Crippen molar-refractivity contribution in [3.05, 3.63) is 39.2 Å². The van der Waals surface area contributed by atoms with Gasteiger partial charge in [-0.1, -0.05) is 0 Å². The molecular formula is C14H17N3O6. The monoisotopic (exact) mass is 323 g/mol. The normalized spacial score (nSPS) is 17.2. The Bertz CT molecular complexity index is 660. The summed E-state index contributed by atoms with van der Waals surface area (Å²) in [5.41, 5.74) is 0.469. The average Bonchev–Trinajstić information content (AvgIpc) is 2.51. The van der Waals surface area contributed by atoms with E-state index in [2.05, 4.69) is 10.6 Å². The van der Waals surface area contributed by atoms with Crippen LogP contribution in [0.4, 0.5) is 4.79 Å². The number of methoxy groups -OCH3 is 3. The van der Waals surface area contributed by atoms with Crippen molar-refractivity contribution in [3.8, 4) is 17.2 Å². The number of hydrogen-bond acceptors (Lipinski definition) is 6. The number of urea groups is 1. The molecule has 2 rings (SSSR count). The third-order valence-electron chi connectivity index (χ3n) is 3.45. The largest absolute Gasteiger partial charge is 0.493 e. The van der Waals surface area contributed by atoms with Gasteiger partial charge >= 0.3 is 6.03 Å². The fraction of sp³-hybridized carbons (Fsp3) is 0.357. The molecule has 1 aliphatic rings. The van der Waals surface area contributed by atoms with E-state index in [9.17, 15) is 14.9 Å². The number of nitrogens with zero attached hydrogens (tertiary/aromatic N) is 1. The number of nitrogens with one attached hydrogen (secondary N) is 2. The van der Waals surface area contributed by atoms with Crippen LogP contribution in [0.1, 0.15) is 18.5 Å². The molecule has 2 N–H and O–H groups in total. The number of rotatable bonds is 5. The molecule has 0 unspecified atom stereocenters. The van der Waals surface area contributed by atoms with Crippen molar-refractivity contribution >= 4 is 6.03 Å². The molecular weight excluding hydrogens is 306 g/mol. The second kappa shape index (κ2) is 6.42. The number of benzene rings is 1. The zero-order valence-electron chi connectivity index (χ0n) is 13.1. The van der Waals surface area contributed by atoms with E-state index in [4.69, 9.17) is 14.2 Å². The average molecular weight is 323 g/mol. The summed E-state index contributed by atoms with van der Waals surface area (Å²) in [7, 11) is 4.34. The summed E-state index contributed by atoms with van der Waals surface area (Å²) in [6.07, 6.45) is 0. The van der Waals surface area contributed by atoms with Crippen LogP contribution in [0.15, 0.2) is 23.5 Å². The van der Waals surface area contributed by atoms with Crippen LogP contribution in [0.25, 0.3) is 0 Å². The summed E-state index contributed by atoms with van der Waals surface area (Å²) in [6.45, 7) is 1.47. The minimum absolute atomic E-state index is 0.154. The second-order valence-corrected chi connectivity index (χ2v) is 4.76. The molecule has 9 nitrogen and oxygen atoms in total. The van der Waals surface area contributed by atoms with Crippen molar-refractivity contribution < 1.29 is 23.9 Å². The highest BCUT2D eigenvalue weighted by atomic mass is 16.6. The first-order chi connectivity index (χ1) is 10.9. The predicted octanol–water partition coefficient (Wildman–Crippen LogP) is 1.57. The van der Waals surface area contributed by atoms with E-state index in [-0.39, 0.29) is 11.4 Å². The highest BCUT2D eigenvalue weighted by Crippen LogP contribution is 2.41. The Hall–Kier alpha value is -2.97. The summed E-state index contributed by atoms with van der Waals surface area (Å²) >= 11 is 0. The first kappa shape index (κ1) is 16.4. The zero-order chi connectivity index (χ0) is 17.1. The lowest BCUT2D eigenvalue weighted by Crippen LogP contribution is -2.45. The molecule has 0 saturated heterocycles. The molecule has 1 aromatic rings. The van der Waals surface area contributed by atoms with Gasteiger partial charge in [-0.25, -0.2) is 4.79 Å². The third kappa shape index (κ3) is 2.98. The van der Waals surface area contributed by atoms with Gasteiger partial charge in [0.1, 0.15) is 6.04 Å². The van der Waals surface area contributed by atoms with Gasteiger partial charge in [0.15, 0.2) is 11.5 Å². The van der Waals surface area contributed by atoms with Gasteiger partial charge in [0.2, 0.25) is 5.75 Å². The molecule has 124 valence electrons. The molecule has 0 aliphatic carbocycles. The molecule has 1 aliphatic heterocycles. The van der Waals surface area contributed by atoms with Crippen molar-refractivity contribution in [1.29, 1.82) is 0 Å². The first-order valence-electron chi connectivity index (χ1n) is 6.65. The highest BCUT2D eigenvalue weighted by molar-refractivity contribution is 5.78. The summed E-state index contributed by atoms with van der Waals surface area (Å²) in [5.74, 6) is 1.05. The Kier molecular flexibility index (Phi) is 4.58. The van der Waals surface area contributed by atoms with Gasteiger partial charge in [-0.2, -0.15) is 0 Å². The Balaban J connectivity index is 2.62. The van der Waals surface area contributed by atoms with Gasteiger partial charge in [0.25, 0.3) is 5.70 Å². The van der Waals surface area contributed by atoms with Crippen LogP contribution in [0.3, 0.4) is 0 Å². The van der Waals surface area contributed by atoms with E-state index < -0.39 is 17.0 Å². The maximum absolute atomic E-state index is 11.7. The number of ether oxygens (including phenoxy) is 3. The van der Waals surface area contributed by atoms with Crippen molar-refractivity contribution in [2.45, 2.75) is 13.0 Å². The van der Waals surface area contributed by atoms with Crippen LogP contribution in [-0.2, 0) is 0 Å². The van der Waals surface area contributed by atoms with Crippen LogP contribution >= 0.6 is 0 Å². The molecule has 0 radical (unpaired) electrons. The van der Waals surface area contributed by atoms with E-state index in [1.54, 1.807) is 12.1 Å². The number of allylic oxidation sites excluding steroid dienone is 1. The number of carbonyl (C=O) groups is 1. The lowest BCUT2D eigenvalue weighted by atomic mass is 10.00. The van der Waals surface area contributed by atoms with Crippen molar-refractivity contribution in [2.75, 3.05) is 21.3 Å². The summed E-state index contributed by atoms with van der Waals surface area (Å²) in [4.78, 5) is 22.5. The van der Waals surface area contributed by atoms with Gasteiger partial charge in [0, 0.05) is 0 Å². The molecule has 23 heavy (non-hydrogen) atoms. The van der Waals surface area contributed by atoms with E-state index >= 15 is 0 Å². The summed E-state index contributed by atoms with van der Waals surface area (Å²) < 4.78 is 15.7. The van der Waals surface area contributed by atoms with E-state index in [0.29, 0.717) is 22.8 Å². The molecule has 0 fully saturated rings. The number of carbonyl (C=O) groups excluding carboxylic acids is 1. The molecule has 0 aromatic heterocycles. The maximum atomic E-state index is 11.7. The summed E-state index contributed by atoms with van der Waals surface area (Å²) in [5, 5.41) is 16.3. The number of hydrogen-bond donors (Lipinski definition) is 2. The molecule has 0 bridgehead atoms. The third-order valence-corrected chi connectivity index (χ3v) is 3.45. The fourth-order valence-corrected chi connectivity index (χ4v) is 2.44. The number of nitro groups is 1. The minimum Gasteiger partial charge on any atom is -0.493 e. The lowest BCUT2D eigenvalue weighted by Gasteiger charge is -2.24. The van der Waals surface area contributed by atoms with Crippen molar-refractivity contribution in [3.63, 3.8) is 0 Å². The first-order valence-corrected chi connectivity index (χ1v) is 6.65. The standard InChI is InChI=1S/C14H17N3O6/c1-7-12(17(19)20)11(16-14(18)15-7)8-5-9(21-2)13(23-4)10(6-8)22-3/h5-6,11H,1-4H3,(H2,15,16,18)/t11-/m0/s1. The quantitative estimate of drug-likeness (QED) is 0.628. The van der Waals surface area contributed by atoms with Crippen LogP contribution in [0.2, 0.25) is 0 Å². The van der Waals surface area contributed by atoms with Gasteiger partial charge < -0.3 is 24.8 Å². The second-order valence-electron chi connectivity index (χ2n) is 4.76. The molecule has 2 amide bonds. The number of amides is 2. The maximum Gasteiger partial charge on any atom is 0.320 e. The van der Waals surface area contributed by atoms with Gasteiger partial charge in [-0.05, 0) is 24.6 Å². The Morgan fingerprint density at radius 3 is 2.13 bits per heavy atom. The van der Waals surface area contributed by atoms with Crippen LogP contribution in [0.5, 0.6) is 17.2 Å². The SMILES string of the molecule is COc1cc([C@@H]2NC(=O)NC(C)=C2[N+](=O)[O-])cc(OC)c1OC. The molecule has 1 atom stereocenters. The molecule has 0 spiro atoms. The molecule has 1 aromatic carbocycles. The Labute approximate surface area is 132 Å². The fourth-order valence-electron chi connectivity index (χ4n) is 2.44.